The average Bonchev–Trinajstić information content (AvgIpc) is 2.95. The molecule has 0 fully saturated rings. The Morgan fingerprint density at radius 2 is 2.00 bits per heavy atom. The maximum Gasteiger partial charge on any atom is 0.306 e. The molecule has 130 valence electrons. The molecule has 0 amide bonds. The van der Waals surface area contributed by atoms with Crippen LogP contribution in [0.25, 0.3) is 0 Å². The summed E-state index contributed by atoms with van der Waals surface area (Å²) in [5.41, 5.74) is 0.987. The number of rotatable bonds is 7. The highest BCUT2D eigenvalue weighted by atomic mass is 16.6. The van der Waals surface area contributed by atoms with E-state index in [0.29, 0.717) is 6.54 Å². The molecule has 2 aromatic rings. The van der Waals surface area contributed by atoms with E-state index in [1.807, 2.05) is 18.2 Å². The zero-order valence-corrected chi connectivity index (χ0v) is 14.3. The quantitative estimate of drug-likeness (QED) is 0.622. The molecule has 7 nitrogen and oxygen atoms in total. The van der Waals surface area contributed by atoms with Gasteiger partial charge in [0.1, 0.15) is 12.4 Å². The first-order chi connectivity index (χ1) is 11.3. The van der Waals surface area contributed by atoms with Crippen LogP contribution in [0.15, 0.2) is 42.7 Å². The maximum absolute atomic E-state index is 10.7. The van der Waals surface area contributed by atoms with Crippen molar-refractivity contribution >= 4 is 5.69 Å². The highest BCUT2D eigenvalue weighted by Gasteiger charge is 2.24. The summed E-state index contributed by atoms with van der Waals surface area (Å²) in [5, 5.41) is 25.0. The van der Waals surface area contributed by atoms with Crippen molar-refractivity contribution in [2.75, 3.05) is 6.54 Å². The average molecular weight is 332 g/mol. The van der Waals surface area contributed by atoms with E-state index in [2.05, 4.69) is 42.9 Å². The number of hydrogen-bond donors (Lipinski definition) is 1. The molecule has 2 rings (SSSR count). The molecule has 0 aliphatic carbocycles. The number of benzene rings is 1. The Morgan fingerprint density at radius 1 is 1.33 bits per heavy atom. The van der Waals surface area contributed by atoms with Crippen molar-refractivity contribution in [1.82, 2.24) is 14.7 Å². The van der Waals surface area contributed by atoms with Crippen LogP contribution in [0.3, 0.4) is 0 Å². The number of nitrogens with zero attached hydrogens (tertiary/aromatic N) is 4. The van der Waals surface area contributed by atoms with Gasteiger partial charge in [0.25, 0.3) is 0 Å². The minimum absolute atomic E-state index is 0.0702. The summed E-state index contributed by atoms with van der Waals surface area (Å²) in [6.45, 7) is 7.69. The fraction of sp³-hybridized carbons (Fsp3) is 0.471. The van der Waals surface area contributed by atoms with Crippen molar-refractivity contribution in [2.45, 2.75) is 45.5 Å². The van der Waals surface area contributed by atoms with Gasteiger partial charge in [0.15, 0.2) is 0 Å². The van der Waals surface area contributed by atoms with E-state index in [4.69, 9.17) is 0 Å². The van der Waals surface area contributed by atoms with Crippen LogP contribution in [-0.4, -0.2) is 42.9 Å². The van der Waals surface area contributed by atoms with Crippen LogP contribution in [0.5, 0.6) is 0 Å². The fourth-order valence-corrected chi connectivity index (χ4v) is 2.45. The van der Waals surface area contributed by atoms with Crippen LogP contribution in [-0.2, 0) is 13.1 Å². The van der Waals surface area contributed by atoms with Gasteiger partial charge in [0.05, 0.1) is 17.6 Å². The third-order valence-electron chi connectivity index (χ3n) is 3.82. The van der Waals surface area contributed by atoms with E-state index in [-0.39, 0.29) is 17.8 Å². The summed E-state index contributed by atoms with van der Waals surface area (Å²) in [6, 6.07) is 10.1. The van der Waals surface area contributed by atoms with Gasteiger partial charge in [-0.1, -0.05) is 30.3 Å². The Balaban J connectivity index is 2.01. The van der Waals surface area contributed by atoms with E-state index in [1.165, 1.54) is 22.6 Å². The van der Waals surface area contributed by atoms with Gasteiger partial charge in [-0.15, -0.1) is 0 Å². The fourth-order valence-electron chi connectivity index (χ4n) is 2.45. The molecule has 0 spiro atoms. The lowest BCUT2D eigenvalue weighted by molar-refractivity contribution is -0.385. The highest BCUT2D eigenvalue weighted by Crippen LogP contribution is 2.18. The lowest BCUT2D eigenvalue weighted by Gasteiger charge is -2.37. The smallest absolute Gasteiger partial charge is 0.306 e. The number of aromatic nitrogens is 2. The highest BCUT2D eigenvalue weighted by molar-refractivity contribution is 5.20. The molecule has 1 atom stereocenters. The Bertz CT molecular complexity index is 664. The molecule has 1 heterocycles. The van der Waals surface area contributed by atoms with Crippen LogP contribution < -0.4 is 0 Å². The number of aliphatic hydroxyl groups is 1. The predicted molar refractivity (Wildman–Crippen MR) is 91.5 cm³/mol. The summed E-state index contributed by atoms with van der Waals surface area (Å²) in [5.74, 6) is 0. The largest absolute Gasteiger partial charge is 0.390 e. The van der Waals surface area contributed by atoms with Crippen molar-refractivity contribution in [2.24, 2.45) is 0 Å². The monoisotopic (exact) mass is 332 g/mol. The zero-order valence-electron chi connectivity index (χ0n) is 14.3. The van der Waals surface area contributed by atoms with Crippen molar-refractivity contribution in [3.05, 3.63) is 58.4 Å². The molecule has 0 saturated carbocycles. The summed E-state index contributed by atoms with van der Waals surface area (Å²) >= 11 is 0. The summed E-state index contributed by atoms with van der Waals surface area (Å²) in [6.07, 6.45) is 1.85. The molecule has 1 aromatic carbocycles. The summed E-state index contributed by atoms with van der Waals surface area (Å²) in [4.78, 5) is 12.4. The molecule has 7 heteroatoms. The van der Waals surface area contributed by atoms with E-state index in [1.54, 1.807) is 0 Å². The third-order valence-corrected chi connectivity index (χ3v) is 3.82. The standard InChI is InChI=1S/C17H24N4O3/c1-17(2,3)19(10-14-7-5-4-6-8-14)12-16(22)13-20-11-15(9-18-20)21(23)24/h4-9,11,16,22H,10,12-13H2,1-3H3. The van der Waals surface area contributed by atoms with Gasteiger partial charge < -0.3 is 5.11 Å². The van der Waals surface area contributed by atoms with Crippen LogP contribution >= 0.6 is 0 Å². The van der Waals surface area contributed by atoms with Crippen LogP contribution in [0.2, 0.25) is 0 Å². The van der Waals surface area contributed by atoms with Gasteiger partial charge in [-0.2, -0.15) is 5.10 Å². The van der Waals surface area contributed by atoms with Crippen LogP contribution in [0.4, 0.5) is 5.69 Å². The zero-order chi connectivity index (χ0) is 17.7. The second-order valence-electron chi connectivity index (χ2n) is 6.87. The first-order valence-electron chi connectivity index (χ1n) is 7.89. The number of β-amino-alcohol motifs (C(OH)–C–C–N with tert-alkyl or cyclic N) is 1. The number of nitro groups is 1. The van der Waals surface area contributed by atoms with E-state index in [9.17, 15) is 15.2 Å². The lowest BCUT2D eigenvalue weighted by Crippen LogP contribution is -2.45. The van der Waals surface area contributed by atoms with Crippen LogP contribution in [0.1, 0.15) is 26.3 Å². The lowest BCUT2D eigenvalue weighted by atomic mass is 10.0. The second kappa shape index (κ2) is 7.55. The molecule has 0 bridgehead atoms. The molecule has 0 radical (unpaired) electrons. The minimum atomic E-state index is -0.674. The molecule has 0 aliphatic heterocycles. The maximum atomic E-state index is 10.7. The molecule has 0 aliphatic rings. The first-order valence-corrected chi connectivity index (χ1v) is 7.89. The molecule has 24 heavy (non-hydrogen) atoms. The van der Waals surface area contributed by atoms with Gasteiger partial charge in [-0.05, 0) is 26.3 Å². The molecule has 1 N–H and O–H groups in total. The predicted octanol–water partition coefficient (Wildman–Crippen LogP) is 2.45. The Labute approximate surface area is 141 Å². The summed E-state index contributed by atoms with van der Waals surface area (Å²) in [7, 11) is 0. The Morgan fingerprint density at radius 3 is 2.54 bits per heavy atom. The third kappa shape index (κ3) is 5.14. The van der Waals surface area contributed by atoms with Gasteiger partial charge in [-0.3, -0.25) is 19.7 Å². The van der Waals surface area contributed by atoms with Crippen LogP contribution in [0, 0.1) is 10.1 Å². The van der Waals surface area contributed by atoms with Gasteiger partial charge in [-0.25, -0.2) is 0 Å². The molecular weight excluding hydrogens is 308 g/mol. The van der Waals surface area contributed by atoms with Gasteiger partial charge in [0.2, 0.25) is 0 Å². The van der Waals surface area contributed by atoms with E-state index < -0.39 is 11.0 Å². The van der Waals surface area contributed by atoms with Gasteiger partial charge in [0, 0.05) is 18.6 Å². The van der Waals surface area contributed by atoms with Gasteiger partial charge >= 0.3 is 5.69 Å². The molecular formula is C17H24N4O3. The van der Waals surface area contributed by atoms with Crippen molar-refractivity contribution in [1.29, 1.82) is 0 Å². The van der Waals surface area contributed by atoms with E-state index in [0.717, 1.165) is 6.54 Å². The van der Waals surface area contributed by atoms with Crippen molar-refractivity contribution in [3.63, 3.8) is 0 Å². The minimum Gasteiger partial charge on any atom is -0.390 e. The number of aliphatic hydroxyl groups excluding tert-OH is 1. The normalized spacial score (nSPS) is 13.2. The Kier molecular flexibility index (Phi) is 5.69. The molecule has 0 saturated heterocycles. The Hall–Kier alpha value is -2.25. The topological polar surface area (TPSA) is 84.4 Å². The summed E-state index contributed by atoms with van der Waals surface area (Å²) < 4.78 is 1.41. The van der Waals surface area contributed by atoms with Crippen molar-refractivity contribution in [3.8, 4) is 0 Å². The van der Waals surface area contributed by atoms with Crippen molar-refractivity contribution < 1.29 is 10.0 Å². The molecule has 1 unspecified atom stereocenters. The SMILES string of the molecule is CC(C)(C)N(Cc1ccccc1)CC(O)Cn1cc([N+](=O)[O-])cn1. The van der Waals surface area contributed by atoms with E-state index >= 15 is 0 Å². The first kappa shape index (κ1) is 18.1. The number of hydrogen-bond acceptors (Lipinski definition) is 5. The second-order valence-corrected chi connectivity index (χ2v) is 6.87. The molecule has 1 aromatic heterocycles.